The molecule has 2 aliphatic rings. The van der Waals surface area contributed by atoms with Crippen molar-refractivity contribution in [1.29, 1.82) is 0 Å². The van der Waals surface area contributed by atoms with E-state index in [1.54, 1.807) is 0 Å². The summed E-state index contributed by atoms with van der Waals surface area (Å²) in [6.07, 6.45) is 2.71. The molecule has 1 fully saturated rings. The van der Waals surface area contributed by atoms with Gasteiger partial charge in [-0.2, -0.15) is 0 Å². The van der Waals surface area contributed by atoms with Crippen molar-refractivity contribution in [3.63, 3.8) is 0 Å². The van der Waals surface area contributed by atoms with Crippen LogP contribution in [0.15, 0.2) is 18.2 Å². The molecule has 1 saturated heterocycles. The third-order valence-corrected chi connectivity index (χ3v) is 3.90. The van der Waals surface area contributed by atoms with E-state index < -0.39 is 0 Å². The van der Waals surface area contributed by atoms with Crippen molar-refractivity contribution in [1.82, 2.24) is 10.2 Å². The van der Waals surface area contributed by atoms with Crippen LogP contribution in [0.3, 0.4) is 0 Å². The van der Waals surface area contributed by atoms with E-state index in [2.05, 4.69) is 33.7 Å². The third-order valence-electron chi connectivity index (χ3n) is 3.90. The van der Waals surface area contributed by atoms with Gasteiger partial charge in [-0.1, -0.05) is 12.1 Å². The van der Waals surface area contributed by atoms with Crippen LogP contribution >= 0.6 is 0 Å². The molecule has 0 atom stereocenters. The Bertz CT molecular complexity index is 464. The fourth-order valence-electron chi connectivity index (χ4n) is 2.85. The number of carbonyl (C=O) groups excluding carboxylic acids is 1. The Morgan fingerprint density at radius 3 is 3.05 bits per heavy atom. The predicted molar refractivity (Wildman–Crippen MR) is 76.2 cm³/mol. The van der Waals surface area contributed by atoms with E-state index in [0.717, 1.165) is 38.3 Å². The van der Waals surface area contributed by atoms with Crippen LogP contribution in [-0.4, -0.2) is 37.0 Å². The monoisotopic (exact) mass is 259 g/mol. The first kappa shape index (κ1) is 12.6. The lowest BCUT2D eigenvalue weighted by Crippen LogP contribution is -2.27. The van der Waals surface area contributed by atoms with Gasteiger partial charge in [0.15, 0.2) is 0 Å². The molecule has 1 aromatic rings. The van der Waals surface area contributed by atoms with Crippen LogP contribution in [-0.2, 0) is 17.8 Å². The molecule has 2 N–H and O–H groups in total. The highest BCUT2D eigenvalue weighted by molar-refractivity contribution is 5.93. The molecular formula is C15H21N3O. The maximum atomic E-state index is 11.3. The quantitative estimate of drug-likeness (QED) is 0.843. The SMILES string of the molecule is O=C1CCc2cc(CN3CCCNCC3)ccc2N1. The predicted octanol–water partition coefficient (Wildman–Crippen LogP) is 1.37. The number of hydrogen-bond donors (Lipinski definition) is 2. The molecule has 0 aromatic heterocycles. The molecule has 0 bridgehead atoms. The number of amides is 1. The Morgan fingerprint density at radius 2 is 2.11 bits per heavy atom. The summed E-state index contributed by atoms with van der Waals surface area (Å²) in [6.45, 7) is 5.52. The van der Waals surface area contributed by atoms with Gasteiger partial charge in [0, 0.05) is 31.7 Å². The van der Waals surface area contributed by atoms with E-state index in [1.165, 1.54) is 24.1 Å². The minimum Gasteiger partial charge on any atom is -0.326 e. The smallest absolute Gasteiger partial charge is 0.224 e. The molecule has 0 unspecified atom stereocenters. The standard InChI is InChI=1S/C15H21N3O/c19-15-5-3-13-10-12(2-4-14(13)17-15)11-18-8-1-6-16-7-9-18/h2,4,10,16H,1,3,5-9,11H2,(H,17,19). The lowest BCUT2D eigenvalue weighted by atomic mass is 10.00. The van der Waals surface area contributed by atoms with Crippen molar-refractivity contribution in [3.05, 3.63) is 29.3 Å². The van der Waals surface area contributed by atoms with Crippen LogP contribution in [0.5, 0.6) is 0 Å². The highest BCUT2D eigenvalue weighted by Gasteiger charge is 2.15. The fraction of sp³-hybridized carbons (Fsp3) is 0.533. The first-order chi connectivity index (χ1) is 9.31. The van der Waals surface area contributed by atoms with Crippen LogP contribution in [0.2, 0.25) is 0 Å². The topological polar surface area (TPSA) is 44.4 Å². The van der Waals surface area contributed by atoms with Gasteiger partial charge in [0.1, 0.15) is 0 Å². The summed E-state index contributed by atoms with van der Waals surface area (Å²) in [4.78, 5) is 13.8. The summed E-state index contributed by atoms with van der Waals surface area (Å²) in [5, 5.41) is 6.37. The normalized spacial score (nSPS) is 20.5. The lowest BCUT2D eigenvalue weighted by molar-refractivity contribution is -0.116. The number of aryl methyl sites for hydroxylation is 1. The van der Waals surface area contributed by atoms with E-state index in [-0.39, 0.29) is 5.91 Å². The number of nitrogens with zero attached hydrogens (tertiary/aromatic N) is 1. The maximum Gasteiger partial charge on any atom is 0.224 e. The number of fused-ring (bicyclic) bond motifs is 1. The summed E-state index contributed by atoms with van der Waals surface area (Å²) in [5.41, 5.74) is 3.64. The fourth-order valence-corrected chi connectivity index (χ4v) is 2.85. The van der Waals surface area contributed by atoms with Crippen molar-refractivity contribution >= 4 is 11.6 Å². The molecule has 0 aliphatic carbocycles. The van der Waals surface area contributed by atoms with Crippen LogP contribution in [0, 0.1) is 0 Å². The molecule has 1 amide bonds. The zero-order valence-electron chi connectivity index (χ0n) is 11.2. The first-order valence-electron chi connectivity index (χ1n) is 7.16. The Morgan fingerprint density at radius 1 is 1.16 bits per heavy atom. The van der Waals surface area contributed by atoms with Gasteiger partial charge >= 0.3 is 0 Å². The zero-order valence-corrected chi connectivity index (χ0v) is 11.2. The van der Waals surface area contributed by atoms with Gasteiger partial charge < -0.3 is 10.6 Å². The van der Waals surface area contributed by atoms with Gasteiger partial charge in [-0.3, -0.25) is 9.69 Å². The average molecular weight is 259 g/mol. The van der Waals surface area contributed by atoms with Gasteiger partial charge in [-0.05, 0) is 43.1 Å². The highest BCUT2D eigenvalue weighted by Crippen LogP contribution is 2.24. The second-order valence-electron chi connectivity index (χ2n) is 5.42. The molecule has 0 saturated carbocycles. The average Bonchev–Trinajstić information content (AvgIpc) is 2.68. The van der Waals surface area contributed by atoms with Gasteiger partial charge in [0.25, 0.3) is 0 Å². The molecule has 0 radical (unpaired) electrons. The van der Waals surface area contributed by atoms with Crippen LogP contribution < -0.4 is 10.6 Å². The van der Waals surface area contributed by atoms with Gasteiger partial charge in [-0.25, -0.2) is 0 Å². The van der Waals surface area contributed by atoms with E-state index in [0.29, 0.717) is 6.42 Å². The molecular weight excluding hydrogens is 238 g/mol. The molecule has 4 nitrogen and oxygen atoms in total. The molecule has 2 heterocycles. The molecule has 19 heavy (non-hydrogen) atoms. The highest BCUT2D eigenvalue weighted by atomic mass is 16.1. The van der Waals surface area contributed by atoms with Gasteiger partial charge in [-0.15, -0.1) is 0 Å². The Kier molecular flexibility index (Phi) is 3.80. The third kappa shape index (κ3) is 3.14. The van der Waals surface area contributed by atoms with E-state index >= 15 is 0 Å². The Labute approximate surface area is 114 Å². The number of carbonyl (C=O) groups is 1. The van der Waals surface area contributed by atoms with Crippen LogP contribution in [0.4, 0.5) is 5.69 Å². The molecule has 102 valence electrons. The van der Waals surface area contributed by atoms with E-state index in [9.17, 15) is 4.79 Å². The van der Waals surface area contributed by atoms with Crippen molar-refractivity contribution in [2.24, 2.45) is 0 Å². The summed E-state index contributed by atoms with van der Waals surface area (Å²) < 4.78 is 0. The number of anilines is 1. The molecule has 2 aliphatic heterocycles. The van der Waals surface area contributed by atoms with E-state index in [4.69, 9.17) is 0 Å². The number of benzene rings is 1. The second-order valence-corrected chi connectivity index (χ2v) is 5.42. The Balaban J connectivity index is 1.69. The molecule has 3 rings (SSSR count). The summed E-state index contributed by atoms with van der Waals surface area (Å²) in [6, 6.07) is 6.45. The number of hydrogen-bond acceptors (Lipinski definition) is 3. The Hall–Kier alpha value is -1.39. The van der Waals surface area contributed by atoms with Crippen molar-refractivity contribution in [2.75, 3.05) is 31.5 Å². The minimum absolute atomic E-state index is 0.138. The van der Waals surface area contributed by atoms with Crippen molar-refractivity contribution < 1.29 is 4.79 Å². The summed E-state index contributed by atoms with van der Waals surface area (Å²) in [5.74, 6) is 0.138. The van der Waals surface area contributed by atoms with Gasteiger partial charge in [0.2, 0.25) is 5.91 Å². The molecule has 0 spiro atoms. The molecule has 1 aromatic carbocycles. The number of nitrogens with one attached hydrogen (secondary N) is 2. The second kappa shape index (κ2) is 5.72. The van der Waals surface area contributed by atoms with Crippen molar-refractivity contribution in [3.8, 4) is 0 Å². The number of rotatable bonds is 2. The zero-order chi connectivity index (χ0) is 13.1. The van der Waals surface area contributed by atoms with Crippen molar-refractivity contribution in [2.45, 2.75) is 25.8 Å². The van der Waals surface area contributed by atoms with Crippen LogP contribution in [0.25, 0.3) is 0 Å². The van der Waals surface area contributed by atoms with E-state index in [1.807, 2.05) is 0 Å². The van der Waals surface area contributed by atoms with Crippen LogP contribution in [0.1, 0.15) is 24.0 Å². The minimum atomic E-state index is 0.138. The summed E-state index contributed by atoms with van der Waals surface area (Å²) in [7, 11) is 0. The molecule has 4 heteroatoms. The summed E-state index contributed by atoms with van der Waals surface area (Å²) >= 11 is 0. The lowest BCUT2D eigenvalue weighted by Gasteiger charge is -2.22. The maximum absolute atomic E-state index is 11.3. The van der Waals surface area contributed by atoms with Gasteiger partial charge in [0.05, 0.1) is 0 Å². The first-order valence-corrected chi connectivity index (χ1v) is 7.16. The largest absolute Gasteiger partial charge is 0.326 e.